The van der Waals surface area contributed by atoms with Crippen molar-refractivity contribution in [3.05, 3.63) is 35.5 Å². The third-order valence-corrected chi connectivity index (χ3v) is 2.80. The van der Waals surface area contributed by atoms with Gasteiger partial charge in [0.1, 0.15) is 0 Å². The number of hydrogen-bond donors (Lipinski definition) is 3. The second-order valence-corrected chi connectivity index (χ2v) is 3.97. The van der Waals surface area contributed by atoms with Crippen molar-refractivity contribution in [1.29, 1.82) is 0 Å². The zero-order chi connectivity index (χ0) is 12.8. The number of nitrogens with one attached hydrogen (secondary N) is 1. The standard InChI is InChI=1S/C12H17N3.C2H6/c1-8-11(6-9(14)7-13)10-4-2-3-5-12(10)15-8;1-2/h2-5,9,15H,6-7,13-14H2,1H3;1-2H3/t9-;/m1./s1. The number of aryl methyl sites for hydroxylation is 1. The molecule has 0 aliphatic rings. The molecule has 3 nitrogen and oxygen atoms in total. The summed E-state index contributed by atoms with van der Waals surface area (Å²) in [6, 6.07) is 8.33. The van der Waals surface area contributed by atoms with E-state index >= 15 is 0 Å². The Labute approximate surface area is 103 Å². The molecule has 0 bridgehead atoms. The van der Waals surface area contributed by atoms with Gasteiger partial charge in [0.15, 0.2) is 0 Å². The van der Waals surface area contributed by atoms with E-state index in [0.29, 0.717) is 6.54 Å². The summed E-state index contributed by atoms with van der Waals surface area (Å²) >= 11 is 0. The van der Waals surface area contributed by atoms with Gasteiger partial charge in [-0.2, -0.15) is 0 Å². The summed E-state index contributed by atoms with van der Waals surface area (Å²) in [5.41, 5.74) is 15.1. The second-order valence-electron chi connectivity index (χ2n) is 3.97. The number of rotatable bonds is 3. The van der Waals surface area contributed by atoms with Crippen LogP contribution < -0.4 is 11.5 Å². The maximum atomic E-state index is 5.89. The van der Waals surface area contributed by atoms with Crippen molar-refractivity contribution in [2.24, 2.45) is 11.5 Å². The molecule has 0 saturated carbocycles. The Balaban J connectivity index is 0.000000686. The lowest BCUT2D eigenvalue weighted by atomic mass is 10.0. The Bertz CT molecular complexity index is 459. The smallest absolute Gasteiger partial charge is 0.0458 e. The summed E-state index contributed by atoms with van der Waals surface area (Å²) in [5.74, 6) is 0. The Morgan fingerprint density at radius 1 is 1.24 bits per heavy atom. The first kappa shape index (κ1) is 13.7. The highest BCUT2D eigenvalue weighted by atomic mass is 14.7. The highest BCUT2D eigenvalue weighted by molar-refractivity contribution is 5.84. The van der Waals surface area contributed by atoms with Crippen LogP contribution in [0.1, 0.15) is 25.1 Å². The van der Waals surface area contributed by atoms with Gasteiger partial charge in [0.25, 0.3) is 0 Å². The van der Waals surface area contributed by atoms with E-state index in [-0.39, 0.29) is 6.04 Å². The predicted octanol–water partition coefficient (Wildman–Crippen LogP) is 2.33. The van der Waals surface area contributed by atoms with Crippen LogP contribution in [0.3, 0.4) is 0 Å². The molecule has 1 aromatic heterocycles. The Hall–Kier alpha value is -1.32. The number of para-hydroxylation sites is 1. The minimum absolute atomic E-state index is 0.0444. The third-order valence-electron chi connectivity index (χ3n) is 2.80. The van der Waals surface area contributed by atoms with Gasteiger partial charge in [0, 0.05) is 29.2 Å². The zero-order valence-corrected chi connectivity index (χ0v) is 11.0. The molecule has 1 heterocycles. The molecule has 17 heavy (non-hydrogen) atoms. The predicted molar refractivity (Wildman–Crippen MR) is 75.1 cm³/mol. The van der Waals surface area contributed by atoms with E-state index < -0.39 is 0 Å². The van der Waals surface area contributed by atoms with Gasteiger partial charge in [0.05, 0.1) is 0 Å². The topological polar surface area (TPSA) is 67.8 Å². The molecule has 1 atom stereocenters. The van der Waals surface area contributed by atoms with E-state index in [2.05, 4.69) is 24.0 Å². The summed E-state index contributed by atoms with van der Waals surface area (Å²) in [6.45, 7) is 6.61. The molecule has 0 aliphatic carbocycles. The minimum Gasteiger partial charge on any atom is -0.358 e. The molecule has 3 heteroatoms. The van der Waals surface area contributed by atoms with Crippen molar-refractivity contribution < 1.29 is 0 Å². The van der Waals surface area contributed by atoms with Crippen molar-refractivity contribution in [3.63, 3.8) is 0 Å². The van der Waals surface area contributed by atoms with Crippen LogP contribution in [-0.4, -0.2) is 17.6 Å². The zero-order valence-electron chi connectivity index (χ0n) is 11.0. The molecule has 94 valence electrons. The molecule has 0 saturated heterocycles. The summed E-state index contributed by atoms with van der Waals surface area (Å²) in [7, 11) is 0. The van der Waals surface area contributed by atoms with Gasteiger partial charge in [-0.05, 0) is 25.0 Å². The van der Waals surface area contributed by atoms with E-state index in [4.69, 9.17) is 11.5 Å². The van der Waals surface area contributed by atoms with Crippen LogP contribution in [0.2, 0.25) is 0 Å². The Kier molecular flexibility index (Phi) is 5.19. The van der Waals surface area contributed by atoms with Crippen LogP contribution in [0.5, 0.6) is 0 Å². The normalized spacial score (nSPS) is 12.1. The minimum atomic E-state index is 0.0444. The molecule has 0 amide bonds. The van der Waals surface area contributed by atoms with E-state index in [1.807, 2.05) is 26.0 Å². The molecule has 2 rings (SSSR count). The molecule has 1 aromatic carbocycles. The van der Waals surface area contributed by atoms with E-state index in [0.717, 1.165) is 6.42 Å². The van der Waals surface area contributed by atoms with Gasteiger partial charge < -0.3 is 16.5 Å². The lowest BCUT2D eigenvalue weighted by Crippen LogP contribution is -2.31. The largest absolute Gasteiger partial charge is 0.358 e. The molecule has 0 unspecified atom stereocenters. The first-order chi connectivity index (χ1) is 8.22. The van der Waals surface area contributed by atoms with Gasteiger partial charge in [-0.3, -0.25) is 0 Å². The van der Waals surface area contributed by atoms with Crippen molar-refractivity contribution in [3.8, 4) is 0 Å². The van der Waals surface area contributed by atoms with Gasteiger partial charge in [-0.15, -0.1) is 0 Å². The van der Waals surface area contributed by atoms with Crippen LogP contribution in [-0.2, 0) is 6.42 Å². The first-order valence-electron chi connectivity index (χ1n) is 6.24. The van der Waals surface area contributed by atoms with Crippen molar-refractivity contribution >= 4 is 10.9 Å². The maximum Gasteiger partial charge on any atom is 0.0458 e. The van der Waals surface area contributed by atoms with Crippen LogP contribution in [0.15, 0.2) is 24.3 Å². The fraction of sp³-hybridized carbons (Fsp3) is 0.429. The summed E-state index contributed by atoms with van der Waals surface area (Å²) in [6.07, 6.45) is 0.840. The SMILES string of the molecule is CC.Cc1[nH]c2ccccc2c1C[C@@H](N)CN. The molecule has 0 spiro atoms. The van der Waals surface area contributed by atoms with Crippen molar-refractivity contribution in [1.82, 2.24) is 4.98 Å². The number of benzene rings is 1. The summed E-state index contributed by atoms with van der Waals surface area (Å²) in [5, 5.41) is 1.26. The lowest BCUT2D eigenvalue weighted by molar-refractivity contribution is 0.679. The molecular weight excluding hydrogens is 210 g/mol. The second kappa shape index (κ2) is 6.42. The molecule has 2 aromatic rings. The van der Waals surface area contributed by atoms with Crippen LogP contribution in [0.4, 0.5) is 0 Å². The van der Waals surface area contributed by atoms with Gasteiger partial charge in [-0.25, -0.2) is 0 Å². The highest BCUT2D eigenvalue weighted by Gasteiger charge is 2.10. The van der Waals surface area contributed by atoms with Crippen molar-refractivity contribution in [2.75, 3.05) is 6.54 Å². The maximum absolute atomic E-state index is 5.89. The number of aromatic nitrogens is 1. The van der Waals surface area contributed by atoms with E-state index in [1.54, 1.807) is 0 Å². The third kappa shape index (κ3) is 3.08. The average Bonchev–Trinajstić information content (AvgIpc) is 2.68. The molecule has 5 N–H and O–H groups in total. The van der Waals surface area contributed by atoms with Crippen molar-refractivity contribution in [2.45, 2.75) is 33.2 Å². The number of nitrogens with two attached hydrogens (primary N) is 2. The summed E-state index contributed by atoms with van der Waals surface area (Å²) < 4.78 is 0. The van der Waals surface area contributed by atoms with Crippen LogP contribution >= 0.6 is 0 Å². The fourth-order valence-electron chi connectivity index (χ4n) is 1.94. The van der Waals surface area contributed by atoms with Gasteiger partial charge >= 0.3 is 0 Å². The van der Waals surface area contributed by atoms with Crippen LogP contribution in [0, 0.1) is 6.92 Å². The number of fused-ring (bicyclic) bond motifs is 1. The Morgan fingerprint density at radius 2 is 1.88 bits per heavy atom. The van der Waals surface area contributed by atoms with Gasteiger partial charge in [0.2, 0.25) is 0 Å². The lowest BCUT2D eigenvalue weighted by Gasteiger charge is -2.08. The van der Waals surface area contributed by atoms with Gasteiger partial charge in [-0.1, -0.05) is 32.0 Å². The number of hydrogen-bond acceptors (Lipinski definition) is 2. The monoisotopic (exact) mass is 233 g/mol. The molecule has 0 fully saturated rings. The Morgan fingerprint density at radius 3 is 2.53 bits per heavy atom. The quantitative estimate of drug-likeness (QED) is 0.761. The van der Waals surface area contributed by atoms with Crippen LogP contribution in [0.25, 0.3) is 10.9 Å². The number of H-pyrrole nitrogens is 1. The van der Waals surface area contributed by atoms with E-state index in [1.165, 1.54) is 22.2 Å². The average molecular weight is 233 g/mol. The summed E-state index contributed by atoms with van der Waals surface area (Å²) in [4.78, 5) is 3.36. The molecular formula is C14H23N3. The fourth-order valence-corrected chi connectivity index (χ4v) is 1.94. The highest BCUT2D eigenvalue weighted by Crippen LogP contribution is 2.22. The number of aromatic amines is 1. The first-order valence-corrected chi connectivity index (χ1v) is 6.24. The molecule has 0 aliphatic heterocycles. The van der Waals surface area contributed by atoms with E-state index in [9.17, 15) is 0 Å². The molecule has 0 radical (unpaired) electrons.